The normalized spacial score (nSPS) is 23.9. The Balaban J connectivity index is 1.49. The Kier molecular flexibility index (Phi) is 3.04. The largest absolute Gasteiger partial charge is 0.481 e. The molecule has 4 rings (SSSR count). The first kappa shape index (κ1) is 12.7. The number of likely N-dealkylation sites (tertiary alicyclic amines) is 1. The van der Waals surface area contributed by atoms with E-state index >= 15 is 0 Å². The summed E-state index contributed by atoms with van der Waals surface area (Å²) in [5, 5.41) is 0. The third-order valence-corrected chi connectivity index (χ3v) is 4.02. The van der Waals surface area contributed by atoms with E-state index in [1.54, 1.807) is 12.1 Å². The van der Waals surface area contributed by atoms with Gasteiger partial charge in [-0.25, -0.2) is 4.39 Å². The minimum atomic E-state index is -0.354. The van der Waals surface area contributed by atoms with E-state index in [0.717, 1.165) is 19.6 Å². The number of rotatable bonds is 2. The number of hydrogen-bond acceptors (Lipinski definition) is 3. The molecule has 2 heterocycles. The molecule has 0 aliphatic carbocycles. The van der Waals surface area contributed by atoms with Gasteiger partial charge in [0.15, 0.2) is 17.3 Å². The molecule has 3 nitrogen and oxygen atoms in total. The highest BCUT2D eigenvalue weighted by Crippen LogP contribution is 2.38. The predicted octanol–water partition coefficient (Wildman–Crippen LogP) is 2.85. The summed E-state index contributed by atoms with van der Waals surface area (Å²) in [7, 11) is 0. The van der Waals surface area contributed by atoms with Crippen LogP contribution in [0.5, 0.6) is 11.5 Å². The molecule has 0 N–H and O–H groups in total. The van der Waals surface area contributed by atoms with E-state index in [4.69, 9.17) is 9.47 Å². The van der Waals surface area contributed by atoms with E-state index in [2.05, 4.69) is 17.0 Å². The number of benzene rings is 2. The van der Waals surface area contributed by atoms with E-state index in [0.29, 0.717) is 5.75 Å². The van der Waals surface area contributed by atoms with E-state index in [1.807, 2.05) is 18.2 Å². The SMILES string of the molecule is Fc1cccc2c1O[C@H]1CN(Cc3ccccc3)C[C@@H]1O2. The van der Waals surface area contributed by atoms with Gasteiger partial charge in [-0.15, -0.1) is 0 Å². The Morgan fingerprint density at radius 1 is 0.952 bits per heavy atom. The fraction of sp³-hybridized carbons (Fsp3) is 0.294. The summed E-state index contributed by atoms with van der Waals surface area (Å²) in [4.78, 5) is 2.29. The van der Waals surface area contributed by atoms with Crippen LogP contribution >= 0.6 is 0 Å². The lowest BCUT2D eigenvalue weighted by atomic mass is 10.2. The van der Waals surface area contributed by atoms with Gasteiger partial charge in [-0.2, -0.15) is 0 Å². The van der Waals surface area contributed by atoms with Crippen LogP contribution in [0.15, 0.2) is 48.5 Å². The summed E-state index contributed by atoms with van der Waals surface area (Å²) in [5.41, 5.74) is 1.26. The molecule has 0 saturated carbocycles. The zero-order valence-electron chi connectivity index (χ0n) is 11.5. The van der Waals surface area contributed by atoms with Crippen LogP contribution in [0.3, 0.4) is 0 Å². The van der Waals surface area contributed by atoms with Gasteiger partial charge < -0.3 is 9.47 Å². The Hall–Kier alpha value is -2.07. The van der Waals surface area contributed by atoms with Crippen molar-refractivity contribution in [2.75, 3.05) is 13.1 Å². The Morgan fingerprint density at radius 3 is 2.52 bits per heavy atom. The van der Waals surface area contributed by atoms with Gasteiger partial charge in [-0.05, 0) is 17.7 Å². The fourth-order valence-corrected chi connectivity index (χ4v) is 3.03. The van der Waals surface area contributed by atoms with Crippen LogP contribution in [0, 0.1) is 5.82 Å². The standard InChI is InChI=1S/C17H16FNO2/c18-13-7-4-8-14-17(13)21-16-11-19(10-15(16)20-14)9-12-5-2-1-3-6-12/h1-8,15-16H,9-11H2/t15-,16-/m0/s1. The maximum atomic E-state index is 13.8. The molecule has 2 aliphatic heterocycles. The van der Waals surface area contributed by atoms with Crippen LogP contribution in [-0.4, -0.2) is 30.2 Å². The lowest BCUT2D eigenvalue weighted by Crippen LogP contribution is -2.38. The van der Waals surface area contributed by atoms with Gasteiger partial charge >= 0.3 is 0 Å². The lowest BCUT2D eigenvalue weighted by Gasteiger charge is -2.28. The number of para-hydroxylation sites is 1. The van der Waals surface area contributed by atoms with E-state index < -0.39 is 0 Å². The van der Waals surface area contributed by atoms with Crippen LogP contribution in [0.1, 0.15) is 5.56 Å². The molecule has 21 heavy (non-hydrogen) atoms. The predicted molar refractivity (Wildman–Crippen MR) is 77.0 cm³/mol. The van der Waals surface area contributed by atoms with Crippen molar-refractivity contribution >= 4 is 0 Å². The summed E-state index contributed by atoms with van der Waals surface area (Å²) < 4.78 is 25.5. The molecule has 0 radical (unpaired) electrons. The maximum Gasteiger partial charge on any atom is 0.197 e. The number of fused-ring (bicyclic) bond motifs is 2. The second kappa shape index (κ2) is 5.04. The molecule has 1 fully saturated rings. The van der Waals surface area contributed by atoms with Gasteiger partial charge in [0.2, 0.25) is 0 Å². The topological polar surface area (TPSA) is 21.7 Å². The first-order valence-electron chi connectivity index (χ1n) is 7.18. The highest BCUT2D eigenvalue weighted by Gasteiger charge is 2.40. The zero-order chi connectivity index (χ0) is 14.2. The van der Waals surface area contributed by atoms with Crippen molar-refractivity contribution in [3.05, 3.63) is 59.9 Å². The monoisotopic (exact) mass is 285 g/mol. The zero-order valence-corrected chi connectivity index (χ0v) is 11.5. The number of ether oxygens (including phenoxy) is 2. The number of hydrogen-bond donors (Lipinski definition) is 0. The maximum absolute atomic E-state index is 13.8. The van der Waals surface area contributed by atoms with Crippen LogP contribution < -0.4 is 9.47 Å². The van der Waals surface area contributed by atoms with Gasteiger partial charge in [0.1, 0.15) is 12.2 Å². The molecule has 2 aliphatic rings. The molecular weight excluding hydrogens is 269 g/mol. The van der Waals surface area contributed by atoms with Crippen molar-refractivity contribution in [1.29, 1.82) is 0 Å². The molecule has 0 amide bonds. The molecule has 108 valence electrons. The summed E-state index contributed by atoms with van der Waals surface area (Å²) in [5.74, 6) is 0.408. The van der Waals surface area contributed by atoms with Gasteiger partial charge in [-0.3, -0.25) is 4.90 Å². The smallest absolute Gasteiger partial charge is 0.197 e. The summed E-state index contributed by atoms with van der Waals surface area (Å²) in [6, 6.07) is 15.1. The van der Waals surface area contributed by atoms with Crippen molar-refractivity contribution in [3.8, 4) is 11.5 Å². The molecular formula is C17H16FNO2. The minimum absolute atomic E-state index is 0.0250. The first-order valence-corrected chi connectivity index (χ1v) is 7.18. The molecule has 2 atom stereocenters. The molecule has 0 unspecified atom stereocenters. The van der Waals surface area contributed by atoms with Gasteiger partial charge in [-0.1, -0.05) is 36.4 Å². The quantitative estimate of drug-likeness (QED) is 0.847. The third kappa shape index (κ3) is 2.36. The summed E-state index contributed by atoms with van der Waals surface area (Å²) >= 11 is 0. The Morgan fingerprint density at radius 2 is 1.71 bits per heavy atom. The minimum Gasteiger partial charge on any atom is -0.481 e. The molecule has 0 bridgehead atoms. The van der Waals surface area contributed by atoms with Gasteiger partial charge in [0.25, 0.3) is 0 Å². The average molecular weight is 285 g/mol. The molecule has 2 aromatic rings. The van der Waals surface area contributed by atoms with Crippen molar-refractivity contribution < 1.29 is 13.9 Å². The van der Waals surface area contributed by atoms with Crippen molar-refractivity contribution in [1.82, 2.24) is 4.90 Å². The van der Waals surface area contributed by atoms with Crippen molar-refractivity contribution in [2.45, 2.75) is 18.8 Å². The lowest BCUT2D eigenvalue weighted by molar-refractivity contribution is 0.0510. The van der Waals surface area contributed by atoms with Crippen LogP contribution in [0.4, 0.5) is 4.39 Å². The molecule has 0 spiro atoms. The van der Waals surface area contributed by atoms with E-state index in [9.17, 15) is 4.39 Å². The van der Waals surface area contributed by atoms with E-state index in [1.165, 1.54) is 11.6 Å². The third-order valence-electron chi connectivity index (χ3n) is 4.02. The van der Waals surface area contributed by atoms with E-state index in [-0.39, 0.29) is 23.8 Å². The molecule has 4 heteroatoms. The first-order chi connectivity index (χ1) is 10.3. The molecule has 1 saturated heterocycles. The second-order valence-electron chi connectivity index (χ2n) is 5.56. The Bertz CT molecular complexity index is 646. The van der Waals surface area contributed by atoms with Gasteiger partial charge in [0, 0.05) is 19.6 Å². The summed E-state index contributed by atoms with van der Waals surface area (Å²) in [6.07, 6.45) is -0.124. The average Bonchev–Trinajstić information content (AvgIpc) is 2.88. The van der Waals surface area contributed by atoms with Crippen LogP contribution in [0.25, 0.3) is 0 Å². The van der Waals surface area contributed by atoms with Gasteiger partial charge in [0.05, 0.1) is 0 Å². The fourth-order valence-electron chi connectivity index (χ4n) is 3.03. The van der Waals surface area contributed by atoms with Crippen molar-refractivity contribution in [2.24, 2.45) is 0 Å². The highest BCUT2D eigenvalue weighted by molar-refractivity contribution is 5.43. The number of halogens is 1. The molecule has 0 aromatic heterocycles. The summed E-state index contributed by atoms with van der Waals surface area (Å²) in [6.45, 7) is 2.42. The van der Waals surface area contributed by atoms with Crippen LogP contribution in [0.2, 0.25) is 0 Å². The highest BCUT2D eigenvalue weighted by atomic mass is 19.1. The van der Waals surface area contributed by atoms with Crippen LogP contribution in [-0.2, 0) is 6.54 Å². The number of nitrogens with zero attached hydrogens (tertiary/aromatic N) is 1. The second-order valence-corrected chi connectivity index (χ2v) is 5.56. The Labute approximate surface area is 122 Å². The van der Waals surface area contributed by atoms with Crippen molar-refractivity contribution in [3.63, 3.8) is 0 Å². The molecule has 2 aromatic carbocycles.